The zero-order valence-corrected chi connectivity index (χ0v) is 10.9. The highest BCUT2D eigenvalue weighted by Crippen LogP contribution is 2.31. The van der Waals surface area contributed by atoms with Crippen molar-refractivity contribution in [1.29, 1.82) is 0 Å². The van der Waals surface area contributed by atoms with Crippen LogP contribution in [0.3, 0.4) is 0 Å². The molecule has 1 aliphatic rings. The minimum absolute atomic E-state index is 0.0849. The highest BCUT2D eigenvalue weighted by atomic mass is 32.1. The molecular weight excluding hydrogens is 234 g/mol. The molecular formula is C13H19NO2S. The lowest BCUT2D eigenvalue weighted by atomic mass is 9.79. The summed E-state index contributed by atoms with van der Waals surface area (Å²) < 4.78 is 0. The molecule has 1 heterocycles. The van der Waals surface area contributed by atoms with E-state index < -0.39 is 5.60 Å². The first-order chi connectivity index (χ1) is 8.09. The zero-order valence-electron chi connectivity index (χ0n) is 10.1. The van der Waals surface area contributed by atoms with Gasteiger partial charge < -0.3 is 10.4 Å². The molecule has 0 bridgehead atoms. The van der Waals surface area contributed by atoms with Crippen molar-refractivity contribution in [3.8, 4) is 0 Å². The SMILES string of the molecule is CC1CCC(O)(CNC(=O)c2ccsc2)CC1. The summed E-state index contributed by atoms with van der Waals surface area (Å²) in [5, 5.41) is 16.9. The first kappa shape index (κ1) is 12.6. The van der Waals surface area contributed by atoms with Crippen LogP contribution in [0, 0.1) is 5.92 Å². The van der Waals surface area contributed by atoms with Crippen LogP contribution in [-0.2, 0) is 0 Å². The van der Waals surface area contributed by atoms with Gasteiger partial charge in [-0.1, -0.05) is 6.92 Å². The van der Waals surface area contributed by atoms with Crippen molar-refractivity contribution >= 4 is 17.2 Å². The highest BCUT2D eigenvalue weighted by molar-refractivity contribution is 7.08. The van der Waals surface area contributed by atoms with Gasteiger partial charge in [0.2, 0.25) is 0 Å². The van der Waals surface area contributed by atoms with Crippen LogP contribution in [-0.4, -0.2) is 23.2 Å². The van der Waals surface area contributed by atoms with Crippen molar-refractivity contribution in [2.24, 2.45) is 5.92 Å². The lowest BCUT2D eigenvalue weighted by molar-refractivity contribution is -0.00539. The Bertz CT molecular complexity index is 367. The standard InChI is InChI=1S/C13H19NO2S/c1-10-2-5-13(16,6-3-10)9-14-12(15)11-4-7-17-8-11/h4,7-8,10,16H,2-3,5-6,9H2,1H3,(H,14,15). The quantitative estimate of drug-likeness (QED) is 0.869. The summed E-state index contributed by atoms with van der Waals surface area (Å²) in [6.07, 6.45) is 3.67. The van der Waals surface area contributed by atoms with Crippen molar-refractivity contribution < 1.29 is 9.90 Å². The Morgan fingerprint density at radius 1 is 1.59 bits per heavy atom. The minimum Gasteiger partial charge on any atom is -0.388 e. The lowest BCUT2D eigenvalue weighted by Gasteiger charge is -2.34. The van der Waals surface area contributed by atoms with Crippen molar-refractivity contribution in [1.82, 2.24) is 5.32 Å². The maximum absolute atomic E-state index is 11.7. The Morgan fingerprint density at radius 3 is 2.88 bits per heavy atom. The number of carbonyl (C=O) groups is 1. The summed E-state index contributed by atoms with van der Waals surface area (Å²) in [5.74, 6) is 0.612. The van der Waals surface area contributed by atoms with E-state index in [4.69, 9.17) is 0 Å². The van der Waals surface area contributed by atoms with Gasteiger partial charge in [-0.2, -0.15) is 11.3 Å². The fourth-order valence-corrected chi connectivity index (χ4v) is 2.85. The van der Waals surface area contributed by atoms with Crippen molar-refractivity contribution in [2.45, 2.75) is 38.2 Å². The van der Waals surface area contributed by atoms with Crippen LogP contribution in [0.1, 0.15) is 43.0 Å². The summed E-state index contributed by atoms with van der Waals surface area (Å²) in [7, 11) is 0. The lowest BCUT2D eigenvalue weighted by Crippen LogP contribution is -2.45. The fraction of sp³-hybridized carbons (Fsp3) is 0.615. The van der Waals surface area contributed by atoms with Gasteiger partial charge in [0.05, 0.1) is 5.60 Å². The predicted molar refractivity (Wildman–Crippen MR) is 69.2 cm³/mol. The monoisotopic (exact) mass is 253 g/mol. The van der Waals surface area contributed by atoms with Gasteiger partial charge in [-0.3, -0.25) is 4.79 Å². The highest BCUT2D eigenvalue weighted by Gasteiger charge is 2.32. The van der Waals surface area contributed by atoms with E-state index in [1.807, 2.05) is 10.8 Å². The molecule has 0 unspecified atom stereocenters. The molecule has 1 fully saturated rings. The van der Waals surface area contributed by atoms with Gasteiger partial charge in [0.25, 0.3) is 5.91 Å². The second-order valence-corrected chi connectivity index (χ2v) is 5.88. The van der Waals surface area contributed by atoms with Crippen LogP contribution in [0.4, 0.5) is 0 Å². The third-order valence-corrected chi connectivity index (χ3v) is 4.25. The molecule has 1 saturated carbocycles. The van der Waals surface area contributed by atoms with E-state index in [-0.39, 0.29) is 5.91 Å². The van der Waals surface area contributed by atoms with Gasteiger partial charge in [-0.15, -0.1) is 0 Å². The number of hydrogen-bond donors (Lipinski definition) is 2. The van der Waals surface area contributed by atoms with Gasteiger partial charge in [-0.05, 0) is 43.0 Å². The number of aliphatic hydroxyl groups is 1. The molecule has 17 heavy (non-hydrogen) atoms. The van der Waals surface area contributed by atoms with Crippen molar-refractivity contribution in [3.05, 3.63) is 22.4 Å². The van der Waals surface area contributed by atoms with E-state index in [1.54, 1.807) is 6.07 Å². The maximum Gasteiger partial charge on any atom is 0.252 e. The van der Waals surface area contributed by atoms with Crippen LogP contribution < -0.4 is 5.32 Å². The summed E-state index contributed by atoms with van der Waals surface area (Å²) in [6.45, 7) is 2.58. The summed E-state index contributed by atoms with van der Waals surface area (Å²) in [5.41, 5.74) is -0.0131. The smallest absolute Gasteiger partial charge is 0.252 e. The molecule has 0 saturated heterocycles. The first-order valence-corrected chi connectivity index (χ1v) is 7.06. The third kappa shape index (κ3) is 3.30. The van der Waals surface area contributed by atoms with E-state index in [2.05, 4.69) is 12.2 Å². The molecule has 0 aliphatic heterocycles. The van der Waals surface area contributed by atoms with Crippen LogP contribution in [0.2, 0.25) is 0 Å². The van der Waals surface area contributed by atoms with Crippen LogP contribution in [0.25, 0.3) is 0 Å². The van der Waals surface area contributed by atoms with Crippen LogP contribution in [0.5, 0.6) is 0 Å². The topological polar surface area (TPSA) is 49.3 Å². The van der Waals surface area contributed by atoms with Gasteiger partial charge in [-0.25, -0.2) is 0 Å². The van der Waals surface area contributed by atoms with Crippen LogP contribution in [0.15, 0.2) is 16.8 Å². The Balaban J connectivity index is 1.83. The average molecular weight is 253 g/mol. The molecule has 2 rings (SSSR count). The molecule has 1 aromatic heterocycles. The predicted octanol–water partition coefficient (Wildman–Crippen LogP) is 2.42. The van der Waals surface area contributed by atoms with Gasteiger partial charge in [0.1, 0.15) is 0 Å². The van der Waals surface area contributed by atoms with E-state index >= 15 is 0 Å². The van der Waals surface area contributed by atoms with E-state index in [0.717, 1.165) is 25.7 Å². The molecule has 1 amide bonds. The fourth-order valence-electron chi connectivity index (χ4n) is 2.22. The second kappa shape index (κ2) is 5.19. The number of rotatable bonds is 3. The molecule has 0 spiro atoms. The largest absolute Gasteiger partial charge is 0.388 e. The Labute approximate surface area is 106 Å². The number of hydrogen-bond acceptors (Lipinski definition) is 3. The third-order valence-electron chi connectivity index (χ3n) is 3.57. The molecule has 94 valence electrons. The molecule has 0 radical (unpaired) electrons. The molecule has 0 aromatic carbocycles. The molecule has 3 nitrogen and oxygen atoms in total. The van der Waals surface area contributed by atoms with Crippen molar-refractivity contribution in [3.63, 3.8) is 0 Å². The molecule has 4 heteroatoms. The van der Waals surface area contributed by atoms with Gasteiger partial charge >= 0.3 is 0 Å². The minimum atomic E-state index is -0.696. The molecule has 0 atom stereocenters. The summed E-state index contributed by atoms with van der Waals surface area (Å²) in [6, 6.07) is 1.80. The maximum atomic E-state index is 11.7. The molecule has 1 aromatic rings. The van der Waals surface area contributed by atoms with Gasteiger partial charge in [0.15, 0.2) is 0 Å². The summed E-state index contributed by atoms with van der Waals surface area (Å²) in [4.78, 5) is 11.7. The Hall–Kier alpha value is -0.870. The normalized spacial score (nSPS) is 28.9. The van der Waals surface area contributed by atoms with E-state index in [0.29, 0.717) is 18.0 Å². The zero-order chi connectivity index (χ0) is 12.3. The number of thiophene rings is 1. The number of nitrogens with one attached hydrogen (secondary N) is 1. The van der Waals surface area contributed by atoms with E-state index in [9.17, 15) is 9.90 Å². The van der Waals surface area contributed by atoms with E-state index in [1.165, 1.54) is 11.3 Å². The number of carbonyl (C=O) groups excluding carboxylic acids is 1. The Kier molecular flexibility index (Phi) is 3.84. The van der Waals surface area contributed by atoms with Crippen molar-refractivity contribution in [2.75, 3.05) is 6.54 Å². The number of amides is 1. The first-order valence-electron chi connectivity index (χ1n) is 6.12. The molecule has 2 N–H and O–H groups in total. The van der Waals surface area contributed by atoms with Gasteiger partial charge in [0, 0.05) is 17.5 Å². The average Bonchev–Trinajstić information content (AvgIpc) is 2.84. The Morgan fingerprint density at radius 2 is 2.29 bits per heavy atom. The molecule has 1 aliphatic carbocycles. The summed E-state index contributed by atoms with van der Waals surface area (Å²) >= 11 is 1.51. The van der Waals surface area contributed by atoms with Crippen LogP contribution >= 0.6 is 11.3 Å². The second-order valence-electron chi connectivity index (χ2n) is 5.10.